The fourth-order valence-electron chi connectivity index (χ4n) is 5.12. The Labute approximate surface area is 275 Å². The van der Waals surface area contributed by atoms with E-state index in [4.69, 9.17) is 16.3 Å². The number of nitrogens with one attached hydrogen (secondary N) is 4. The summed E-state index contributed by atoms with van der Waals surface area (Å²) in [7, 11) is 0. The second kappa shape index (κ2) is 14.1. The molecule has 4 N–H and O–H groups in total. The molecule has 3 heterocycles. The summed E-state index contributed by atoms with van der Waals surface area (Å²) < 4.78 is 112. The lowest BCUT2D eigenvalue weighted by atomic mass is 9.85. The number of benzene rings is 1. The van der Waals surface area contributed by atoms with Crippen molar-refractivity contribution in [3.63, 3.8) is 0 Å². The lowest BCUT2D eigenvalue weighted by molar-refractivity contribution is -0.182. The van der Waals surface area contributed by atoms with Crippen LogP contribution in [0.2, 0.25) is 5.02 Å². The fraction of sp³-hybridized carbons (Fsp3) is 0.379. The molecule has 2 amide bonds. The second-order valence-corrected chi connectivity index (χ2v) is 12.2. The molecule has 0 atom stereocenters. The Morgan fingerprint density at radius 1 is 1.02 bits per heavy atom. The van der Waals surface area contributed by atoms with Crippen LogP contribution in [-0.2, 0) is 12.7 Å². The van der Waals surface area contributed by atoms with Crippen molar-refractivity contribution in [2.75, 3.05) is 11.9 Å². The molecule has 1 aliphatic rings. The molecule has 0 bridgehead atoms. The number of carbonyl (C=O) groups excluding carboxylic acids is 2. The first kappa shape index (κ1) is 35.1. The molecule has 5 rings (SSSR count). The minimum atomic E-state index is -4.81. The van der Waals surface area contributed by atoms with E-state index in [1.165, 1.54) is 12.1 Å². The number of pyridine rings is 1. The lowest BCUT2D eigenvalue weighted by Crippen LogP contribution is -2.40. The van der Waals surface area contributed by atoms with Crippen LogP contribution in [0, 0.1) is 5.92 Å². The molecule has 19 heteroatoms. The third kappa shape index (κ3) is 8.44. The summed E-state index contributed by atoms with van der Waals surface area (Å²) in [5.74, 6) is -3.69. The van der Waals surface area contributed by atoms with Gasteiger partial charge in [0, 0.05) is 12.6 Å². The molecule has 48 heavy (non-hydrogen) atoms. The first-order valence-electron chi connectivity index (χ1n) is 14.3. The number of hydrogen-bond acceptors (Lipinski definition) is 7. The van der Waals surface area contributed by atoms with Gasteiger partial charge in [-0.3, -0.25) is 9.59 Å². The van der Waals surface area contributed by atoms with Crippen LogP contribution in [0.5, 0.6) is 5.88 Å². The van der Waals surface area contributed by atoms with Gasteiger partial charge in [0.2, 0.25) is 11.8 Å². The van der Waals surface area contributed by atoms with Crippen molar-refractivity contribution in [1.29, 1.82) is 0 Å². The van der Waals surface area contributed by atoms with Crippen LogP contribution < -0.4 is 20.7 Å². The summed E-state index contributed by atoms with van der Waals surface area (Å²) in [5, 5.41) is 9.52. The van der Waals surface area contributed by atoms with E-state index in [1.807, 2.05) is 0 Å². The van der Waals surface area contributed by atoms with Gasteiger partial charge in [0.05, 0.1) is 22.2 Å². The van der Waals surface area contributed by atoms with Crippen LogP contribution in [0.3, 0.4) is 0 Å². The molecule has 258 valence electrons. The molecule has 3 aromatic heterocycles. The molecule has 1 saturated carbocycles. The number of anilines is 2. The molecule has 1 aliphatic carbocycles. The summed E-state index contributed by atoms with van der Waals surface area (Å²) >= 11 is 7.06. The number of imidazole rings is 1. The zero-order valence-electron chi connectivity index (χ0n) is 24.4. The number of H-pyrrole nitrogens is 1. The van der Waals surface area contributed by atoms with Crippen molar-refractivity contribution in [3.05, 3.63) is 62.3 Å². The first-order chi connectivity index (χ1) is 22.6. The Morgan fingerprint density at radius 2 is 1.75 bits per heavy atom. The second-order valence-electron chi connectivity index (χ2n) is 10.8. The number of amides is 2. The average Bonchev–Trinajstić information content (AvgIpc) is 3.62. The highest BCUT2D eigenvalue weighted by Crippen LogP contribution is 2.38. The number of ether oxygens (including phenoxy) is 1. The number of aromatic amines is 1. The Morgan fingerprint density at radius 3 is 2.38 bits per heavy atom. The number of fused-ring (bicyclic) bond motifs is 1. The van der Waals surface area contributed by atoms with Gasteiger partial charge in [0.25, 0.3) is 18.2 Å². The van der Waals surface area contributed by atoms with Crippen LogP contribution in [0.4, 0.5) is 46.8 Å². The van der Waals surface area contributed by atoms with E-state index >= 15 is 0 Å². The van der Waals surface area contributed by atoms with Crippen LogP contribution in [0.15, 0.2) is 35.7 Å². The Hall–Kier alpha value is -4.19. The van der Waals surface area contributed by atoms with Gasteiger partial charge in [-0.2, -0.15) is 31.3 Å². The van der Waals surface area contributed by atoms with Gasteiger partial charge < -0.3 is 25.7 Å². The number of nitrogens with zero attached hydrogens (tertiary/aromatic N) is 2. The third-order valence-electron chi connectivity index (χ3n) is 7.47. The number of halogens is 9. The van der Waals surface area contributed by atoms with Gasteiger partial charge in [0.15, 0.2) is 12.3 Å². The molecule has 1 aromatic carbocycles. The first-order valence-corrected chi connectivity index (χ1v) is 15.5. The molecule has 0 aliphatic heterocycles. The number of rotatable bonds is 10. The van der Waals surface area contributed by atoms with E-state index in [-0.39, 0.29) is 70.4 Å². The van der Waals surface area contributed by atoms with Crippen molar-refractivity contribution < 1.29 is 49.4 Å². The maximum absolute atomic E-state index is 13.9. The largest absolute Gasteiger partial charge is 0.471 e. The standard InChI is InChI=1S/C29H25ClF8N6O3S/c30-18-7-8-48-22(18)25(46)39-11-13-1-6-17(29(36,37)38)19(9-13)41-27-42-20-10-16(26(43-23(20)44-27)47-12-21(31)32)24(45)40-15-4-2-14(3-5-15)28(33,34)35/h1,6-10,14-15,21H,2-5,11-12H2,(H,39,46)(H,40,45)(H2,41,42,43,44)/t14-,15-. The van der Waals surface area contributed by atoms with E-state index < -0.39 is 66.3 Å². The van der Waals surface area contributed by atoms with Crippen molar-refractivity contribution in [2.45, 2.75) is 57.0 Å². The molecule has 4 aromatic rings. The highest BCUT2D eigenvalue weighted by Gasteiger charge is 2.41. The normalized spacial score (nSPS) is 17.0. The molecule has 1 fully saturated rings. The number of carbonyl (C=O) groups is 2. The smallest absolute Gasteiger partial charge is 0.418 e. The monoisotopic (exact) mass is 724 g/mol. The van der Waals surface area contributed by atoms with Gasteiger partial charge in [0.1, 0.15) is 16.0 Å². The Bertz CT molecular complexity index is 1790. The minimum Gasteiger partial charge on any atom is -0.471 e. The highest BCUT2D eigenvalue weighted by atomic mass is 35.5. The Balaban J connectivity index is 1.38. The van der Waals surface area contributed by atoms with Crippen LogP contribution in [0.1, 0.15) is 56.8 Å². The number of aromatic nitrogens is 3. The number of hydrogen-bond donors (Lipinski definition) is 4. The molecule has 0 spiro atoms. The summed E-state index contributed by atoms with van der Waals surface area (Å²) in [6.07, 6.45) is -12.5. The van der Waals surface area contributed by atoms with Gasteiger partial charge in [-0.25, -0.2) is 13.8 Å². The number of alkyl halides is 8. The zero-order valence-corrected chi connectivity index (χ0v) is 25.9. The van der Waals surface area contributed by atoms with Crippen molar-refractivity contribution in [1.82, 2.24) is 25.6 Å². The molecule has 0 saturated heterocycles. The van der Waals surface area contributed by atoms with E-state index in [2.05, 4.69) is 30.9 Å². The summed E-state index contributed by atoms with van der Waals surface area (Å²) in [6, 6.07) is 5.14. The van der Waals surface area contributed by atoms with Crippen molar-refractivity contribution in [2.24, 2.45) is 5.92 Å². The van der Waals surface area contributed by atoms with E-state index in [1.54, 1.807) is 5.38 Å². The van der Waals surface area contributed by atoms with Crippen molar-refractivity contribution >= 4 is 57.6 Å². The van der Waals surface area contributed by atoms with Gasteiger partial charge in [-0.15, -0.1) is 11.3 Å². The third-order valence-corrected chi connectivity index (χ3v) is 8.81. The topological polar surface area (TPSA) is 121 Å². The summed E-state index contributed by atoms with van der Waals surface area (Å²) in [4.78, 5) is 36.6. The van der Waals surface area contributed by atoms with Crippen LogP contribution >= 0.6 is 22.9 Å². The highest BCUT2D eigenvalue weighted by molar-refractivity contribution is 7.12. The van der Waals surface area contributed by atoms with E-state index in [0.29, 0.717) is 0 Å². The molecule has 9 nitrogen and oxygen atoms in total. The summed E-state index contributed by atoms with van der Waals surface area (Å²) in [5.41, 5.74) is -1.78. The maximum atomic E-state index is 13.9. The van der Waals surface area contributed by atoms with Crippen molar-refractivity contribution in [3.8, 4) is 5.88 Å². The fourth-order valence-corrected chi connectivity index (χ4v) is 6.18. The van der Waals surface area contributed by atoms with E-state index in [9.17, 15) is 44.7 Å². The van der Waals surface area contributed by atoms with E-state index in [0.717, 1.165) is 29.5 Å². The SMILES string of the molecule is O=C(N[C@H]1CC[C@H](C(F)(F)F)CC1)c1cc2nc(Nc3cc(CNC(=O)c4sccc4Cl)ccc3C(F)(F)F)[nH]c2nc1OCC(F)F. The van der Waals surface area contributed by atoms with Gasteiger partial charge in [-0.1, -0.05) is 17.7 Å². The quantitative estimate of drug-likeness (QED) is 0.124. The number of thiophene rings is 1. The molecule has 0 radical (unpaired) electrons. The Kier molecular flexibility index (Phi) is 10.3. The predicted molar refractivity (Wildman–Crippen MR) is 160 cm³/mol. The van der Waals surface area contributed by atoms with Crippen LogP contribution in [0.25, 0.3) is 11.2 Å². The van der Waals surface area contributed by atoms with Gasteiger partial charge in [-0.05, 0) is 60.9 Å². The minimum absolute atomic E-state index is 0.0291. The molecular formula is C29H25ClF8N6O3S. The molecule has 0 unspecified atom stereocenters. The zero-order chi connectivity index (χ0) is 34.8. The maximum Gasteiger partial charge on any atom is 0.418 e. The summed E-state index contributed by atoms with van der Waals surface area (Å²) in [6.45, 7) is -1.30. The predicted octanol–water partition coefficient (Wildman–Crippen LogP) is 7.86. The van der Waals surface area contributed by atoms with Gasteiger partial charge >= 0.3 is 12.4 Å². The lowest BCUT2D eigenvalue weighted by Gasteiger charge is -2.30. The molecular weight excluding hydrogens is 700 g/mol. The average molecular weight is 725 g/mol. The van der Waals surface area contributed by atoms with Crippen LogP contribution in [-0.4, -0.2) is 52.0 Å².